The SMILES string of the molecule is Nc1ccc(F)c(NC(=O)Nc2ncnc3[nH]ncc23)c1F. The number of nitrogens with two attached hydrogens (primary N) is 1. The molecule has 3 aromatic rings. The van der Waals surface area contributed by atoms with E-state index in [1.165, 1.54) is 12.5 Å². The summed E-state index contributed by atoms with van der Waals surface area (Å²) in [6.45, 7) is 0. The molecular weight excluding hydrogens is 296 g/mol. The van der Waals surface area contributed by atoms with Gasteiger partial charge in [-0.25, -0.2) is 23.5 Å². The monoisotopic (exact) mass is 305 g/mol. The summed E-state index contributed by atoms with van der Waals surface area (Å²) in [5.74, 6) is -1.86. The number of aromatic nitrogens is 4. The Morgan fingerprint density at radius 3 is 2.86 bits per heavy atom. The second-order valence-corrected chi connectivity index (χ2v) is 4.26. The van der Waals surface area contributed by atoms with Crippen LogP contribution in [-0.2, 0) is 0 Å². The fourth-order valence-electron chi connectivity index (χ4n) is 1.80. The van der Waals surface area contributed by atoms with Gasteiger partial charge >= 0.3 is 6.03 Å². The Labute approximate surface area is 121 Å². The van der Waals surface area contributed by atoms with Crippen molar-refractivity contribution in [2.45, 2.75) is 0 Å². The van der Waals surface area contributed by atoms with Crippen LogP contribution in [0.3, 0.4) is 0 Å². The lowest BCUT2D eigenvalue weighted by atomic mass is 10.2. The molecule has 8 nitrogen and oxygen atoms in total. The van der Waals surface area contributed by atoms with E-state index < -0.39 is 23.4 Å². The molecule has 0 radical (unpaired) electrons. The minimum Gasteiger partial charge on any atom is -0.396 e. The number of rotatable bonds is 2. The van der Waals surface area contributed by atoms with Crippen molar-refractivity contribution < 1.29 is 13.6 Å². The fourth-order valence-corrected chi connectivity index (χ4v) is 1.80. The van der Waals surface area contributed by atoms with E-state index in [2.05, 4.69) is 30.8 Å². The van der Waals surface area contributed by atoms with Gasteiger partial charge in [0.25, 0.3) is 0 Å². The van der Waals surface area contributed by atoms with Crippen molar-refractivity contribution in [3.63, 3.8) is 0 Å². The number of H-pyrrole nitrogens is 1. The van der Waals surface area contributed by atoms with Crippen LogP contribution in [-0.4, -0.2) is 26.2 Å². The van der Waals surface area contributed by atoms with Gasteiger partial charge in [0.2, 0.25) is 0 Å². The Kier molecular flexibility index (Phi) is 3.26. The number of aromatic amines is 1. The van der Waals surface area contributed by atoms with E-state index in [0.717, 1.165) is 12.1 Å². The molecule has 22 heavy (non-hydrogen) atoms. The maximum Gasteiger partial charge on any atom is 0.325 e. The summed E-state index contributed by atoms with van der Waals surface area (Å²) < 4.78 is 27.3. The number of fused-ring (bicyclic) bond motifs is 1. The third-order valence-corrected chi connectivity index (χ3v) is 2.84. The predicted molar refractivity (Wildman–Crippen MR) is 75.1 cm³/mol. The van der Waals surface area contributed by atoms with Gasteiger partial charge in [0, 0.05) is 0 Å². The molecule has 0 fully saturated rings. The summed E-state index contributed by atoms with van der Waals surface area (Å²) in [4.78, 5) is 19.6. The van der Waals surface area contributed by atoms with Gasteiger partial charge in [-0.2, -0.15) is 5.10 Å². The van der Waals surface area contributed by atoms with E-state index in [1.807, 2.05) is 0 Å². The highest BCUT2D eigenvalue weighted by atomic mass is 19.1. The molecule has 0 atom stereocenters. The van der Waals surface area contributed by atoms with Gasteiger partial charge in [-0.3, -0.25) is 10.4 Å². The van der Waals surface area contributed by atoms with Gasteiger partial charge in [-0.05, 0) is 12.1 Å². The van der Waals surface area contributed by atoms with Crippen molar-refractivity contribution in [3.05, 3.63) is 36.3 Å². The number of nitrogens with one attached hydrogen (secondary N) is 3. The number of carbonyl (C=O) groups excluding carboxylic acids is 1. The standard InChI is InChI=1S/C12H9F2N7O/c13-6-1-2-7(15)8(14)9(6)19-12(22)20-10-5-3-18-21-11(5)17-4-16-10/h1-4H,15H2,(H3,16,17,18,19,20,21,22). The third kappa shape index (κ3) is 2.37. The van der Waals surface area contributed by atoms with E-state index in [9.17, 15) is 13.6 Å². The Balaban J connectivity index is 1.84. The first-order valence-corrected chi connectivity index (χ1v) is 6.02. The number of hydrogen-bond acceptors (Lipinski definition) is 5. The molecule has 5 N–H and O–H groups in total. The van der Waals surface area contributed by atoms with E-state index in [4.69, 9.17) is 5.73 Å². The summed E-state index contributed by atoms with van der Waals surface area (Å²) in [5, 5.41) is 11.2. The normalized spacial score (nSPS) is 10.6. The molecule has 0 bridgehead atoms. The molecule has 1 aromatic carbocycles. The first kappa shape index (κ1) is 13.7. The fraction of sp³-hybridized carbons (Fsp3) is 0. The van der Waals surface area contributed by atoms with Crippen molar-refractivity contribution in [1.29, 1.82) is 0 Å². The number of hydrogen-bond donors (Lipinski definition) is 4. The van der Waals surface area contributed by atoms with E-state index in [-0.39, 0.29) is 11.5 Å². The number of amides is 2. The van der Waals surface area contributed by atoms with Crippen LogP contribution in [0.15, 0.2) is 24.7 Å². The number of carbonyl (C=O) groups is 1. The summed E-state index contributed by atoms with van der Waals surface area (Å²) >= 11 is 0. The molecule has 0 spiro atoms. The molecule has 10 heteroatoms. The average molecular weight is 305 g/mol. The Morgan fingerprint density at radius 2 is 2.05 bits per heavy atom. The van der Waals surface area contributed by atoms with Crippen LogP contribution in [0.1, 0.15) is 0 Å². The van der Waals surface area contributed by atoms with Crippen molar-refractivity contribution in [2.75, 3.05) is 16.4 Å². The molecular formula is C12H9F2N7O. The van der Waals surface area contributed by atoms with Crippen LogP contribution in [0.4, 0.5) is 30.8 Å². The number of nitrogen functional groups attached to an aromatic ring is 1. The summed E-state index contributed by atoms with van der Waals surface area (Å²) in [6.07, 6.45) is 2.62. The molecule has 0 unspecified atom stereocenters. The smallest absolute Gasteiger partial charge is 0.325 e. The topological polar surface area (TPSA) is 122 Å². The second-order valence-electron chi connectivity index (χ2n) is 4.26. The molecule has 0 aliphatic heterocycles. The van der Waals surface area contributed by atoms with Crippen LogP contribution < -0.4 is 16.4 Å². The molecule has 2 heterocycles. The highest BCUT2D eigenvalue weighted by molar-refractivity contribution is 6.03. The highest BCUT2D eigenvalue weighted by Crippen LogP contribution is 2.24. The van der Waals surface area contributed by atoms with Crippen LogP contribution >= 0.6 is 0 Å². The number of urea groups is 1. The van der Waals surface area contributed by atoms with E-state index in [0.29, 0.717) is 11.0 Å². The molecule has 112 valence electrons. The van der Waals surface area contributed by atoms with Gasteiger partial charge in [-0.1, -0.05) is 0 Å². The Hall–Kier alpha value is -3.30. The lowest BCUT2D eigenvalue weighted by Gasteiger charge is -2.10. The van der Waals surface area contributed by atoms with Gasteiger partial charge in [0.15, 0.2) is 11.5 Å². The second kappa shape index (κ2) is 5.24. The molecule has 3 rings (SSSR count). The van der Waals surface area contributed by atoms with Gasteiger partial charge in [0.1, 0.15) is 23.6 Å². The van der Waals surface area contributed by atoms with Crippen LogP contribution in [0, 0.1) is 11.6 Å². The van der Waals surface area contributed by atoms with Crippen LogP contribution in [0.2, 0.25) is 0 Å². The predicted octanol–water partition coefficient (Wildman–Crippen LogP) is 1.86. The van der Waals surface area contributed by atoms with Crippen molar-refractivity contribution in [2.24, 2.45) is 0 Å². The zero-order valence-electron chi connectivity index (χ0n) is 10.9. The largest absolute Gasteiger partial charge is 0.396 e. The zero-order valence-corrected chi connectivity index (χ0v) is 10.9. The molecule has 0 saturated heterocycles. The quantitative estimate of drug-likeness (QED) is 0.538. The zero-order chi connectivity index (χ0) is 15.7. The number of anilines is 3. The number of benzene rings is 1. The number of halogens is 2. The third-order valence-electron chi connectivity index (χ3n) is 2.84. The highest BCUT2D eigenvalue weighted by Gasteiger charge is 2.16. The molecule has 0 saturated carbocycles. The first-order valence-electron chi connectivity index (χ1n) is 6.02. The average Bonchev–Trinajstić information content (AvgIpc) is 2.97. The maximum atomic E-state index is 13.7. The lowest BCUT2D eigenvalue weighted by Crippen LogP contribution is -2.22. The van der Waals surface area contributed by atoms with Gasteiger partial charge in [0.05, 0.1) is 17.3 Å². The maximum absolute atomic E-state index is 13.7. The van der Waals surface area contributed by atoms with Crippen molar-refractivity contribution in [3.8, 4) is 0 Å². The first-order chi connectivity index (χ1) is 10.6. The molecule has 2 amide bonds. The van der Waals surface area contributed by atoms with Crippen molar-refractivity contribution in [1.82, 2.24) is 20.2 Å². The lowest BCUT2D eigenvalue weighted by molar-refractivity contribution is 0.262. The van der Waals surface area contributed by atoms with Gasteiger partial charge < -0.3 is 11.1 Å². The minimum absolute atomic E-state index is 0.140. The summed E-state index contributed by atoms with van der Waals surface area (Å²) in [6, 6.07) is 1.13. The molecule has 0 aliphatic carbocycles. The number of nitrogens with zero attached hydrogens (tertiary/aromatic N) is 3. The van der Waals surface area contributed by atoms with Crippen molar-refractivity contribution >= 4 is 34.3 Å². The van der Waals surface area contributed by atoms with E-state index in [1.54, 1.807) is 0 Å². The van der Waals surface area contributed by atoms with E-state index >= 15 is 0 Å². The Bertz CT molecular complexity index is 864. The van der Waals surface area contributed by atoms with Crippen LogP contribution in [0.25, 0.3) is 11.0 Å². The summed E-state index contributed by atoms with van der Waals surface area (Å²) in [5.41, 5.74) is 4.82. The molecule has 0 aliphatic rings. The minimum atomic E-state index is -1.05. The van der Waals surface area contributed by atoms with Crippen LogP contribution in [0.5, 0.6) is 0 Å². The molecule has 2 aromatic heterocycles. The summed E-state index contributed by atoms with van der Waals surface area (Å²) in [7, 11) is 0. The Morgan fingerprint density at radius 1 is 1.23 bits per heavy atom. The van der Waals surface area contributed by atoms with Gasteiger partial charge in [-0.15, -0.1) is 0 Å².